The molecule has 3 nitrogen and oxygen atoms in total. The highest BCUT2D eigenvalue weighted by molar-refractivity contribution is 7.14. The van der Waals surface area contributed by atoms with Crippen molar-refractivity contribution in [2.45, 2.75) is 0 Å². The van der Waals surface area contributed by atoms with Crippen LogP contribution in [0.3, 0.4) is 0 Å². The molecule has 0 N–H and O–H groups in total. The molecule has 4 aromatic heterocycles. The third kappa shape index (κ3) is 2.43. The molecule has 0 saturated carbocycles. The molecule has 0 aliphatic carbocycles. The zero-order chi connectivity index (χ0) is 13.5. The fourth-order valence-corrected chi connectivity index (χ4v) is 3.86. The molecule has 0 amide bonds. The van der Waals surface area contributed by atoms with Crippen molar-refractivity contribution in [1.82, 2.24) is 9.78 Å². The summed E-state index contributed by atoms with van der Waals surface area (Å²) < 4.78 is 4.03. The van der Waals surface area contributed by atoms with Gasteiger partial charge in [-0.05, 0) is 29.0 Å². The molecule has 0 atom stereocenters. The number of hydrogen-bond donors (Lipinski definition) is 0. The molecule has 4 heterocycles. The maximum atomic E-state index is 4.38. The maximum absolute atomic E-state index is 4.38. The highest BCUT2D eigenvalue weighted by Gasteiger charge is 2.17. The van der Waals surface area contributed by atoms with E-state index in [1.165, 1.54) is 20.9 Å². The Hall–Kier alpha value is -1.50. The second kappa shape index (κ2) is 5.71. The molecule has 21 heavy (non-hydrogen) atoms. The molecule has 0 saturated heterocycles. The first-order valence-electron chi connectivity index (χ1n) is 6.28. The van der Waals surface area contributed by atoms with E-state index in [4.69, 9.17) is 0 Å². The number of halogens is 1. The minimum absolute atomic E-state index is 0. The lowest BCUT2D eigenvalue weighted by atomic mass is 10.1. The van der Waals surface area contributed by atoms with Crippen LogP contribution < -0.4 is 21.4 Å². The number of rotatable bonds is 2. The summed E-state index contributed by atoms with van der Waals surface area (Å²) >= 11 is 3.52. The average molecular weight is 378 g/mol. The lowest BCUT2D eigenvalue weighted by molar-refractivity contribution is -0.511. The van der Waals surface area contributed by atoms with Crippen molar-refractivity contribution >= 4 is 28.3 Å². The van der Waals surface area contributed by atoms with Gasteiger partial charge in [-0.15, -0.1) is 27.4 Å². The predicted molar refractivity (Wildman–Crippen MR) is 83.0 cm³/mol. The van der Waals surface area contributed by atoms with Gasteiger partial charge in [0.15, 0.2) is 0 Å². The first kappa shape index (κ1) is 14.4. The largest absolute Gasteiger partial charge is 1.00 e. The molecule has 0 unspecified atom stereocenters. The molecule has 0 bridgehead atoms. The summed E-state index contributed by atoms with van der Waals surface area (Å²) in [5, 5.41) is 8.60. The smallest absolute Gasteiger partial charge is 0.273 e. The second-order valence-corrected chi connectivity index (χ2v) is 6.48. The van der Waals surface area contributed by atoms with Crippen molar-refractivity contribution in [3.05, 3.63) is 53.6 Å². The highest BCUT2D eigenvalue weighted by Crippen LogP contribution is 2.32. The van der Waals surface area contributed by atoms with Crippen molar-refractivity contribution in [1.29, 1.82) is 0 Å². The van der Waals surface area contributed by atoms with E-state index in [-0.39, 0.29) is 17.0 Å². The number of nitrogens with zero attached hydrogens (tertiary/aromatic N) is 3. The highest BCUT2D eigenvalue weighted by atomic mass is 79.9. The van der Waals surface area contributed by atoms with Crippen LogP contribution in [-0.4, -0.2) is 9.78 Å². The van der Waals surface area contributed by atoms with E-state index < -0.39 is 0 Å². The van der Waals surface area contributed by atoms with E-state index in [1.807, 2.05) is 18.1 Å². The topological polar surface area (TPSA) is 21.9 Å². The Morgan fingerprint density at radius 1 is 1.10 bits per heavy atom. The van der Waals surface area contributed by atoms with Crippen LogP contribution in [0.1, 0.15) is 0 Å². The van der Waals surface area contributed by atoms with Crippen LogP contribution in [0.15, 0.2) is 53.6 Å². The molecule has 0 aliphatic rings. The van der Waals surface area contributed by atoms with E-state index in [0.717, 1.165) is 5.65 Å². The van der Waals surface area contributed by atoms with E-state index in [2.05, 4.69) is 56.8 Å². The predicted octanol–water partition coefficient (Wildman–Crippen LogP) is 0.620. The van der Waals surface area contributed by atoms with Crippen LogP contribution in [-0.2, 0) is 7.05 Å². The quantitative estimate of drug-likeness (QED) is 0.469. The zero-order valence-corrected chi connectivity index (χ0v) is 14.5. The lowest BCUT2D eigenvalue weighted by Crippen LogP contribution is -3.00. The second-order valence-electron chi connectivity index (χ2n) is 4.58. The number of thiophene rings is 2. The molecule has 0 aliphatic heterocycles. The van der Waals surface area contributed by atoms with Gasteiger partial charge in [0.05, 0.1) is 18.8 Å². The van der Waals surface area contributed by atoms with Gasteiger partial charge in [0.1, 0.15) is 0 Å². The number of aromatic nitrogens is 3. The van der Waals surface area contributed by atoms with Gasteiger partial charge in [0.25, 0.3) is 12.0 Å². The number of aryl methyl sites for hydroxylation is 1. The van der Waals surface area contributed by atoms with Gasteiger partial charge < -0.3 is 17.0 Å². The Morgan fingerprint density at radius 3 is 2.48 bits per heavy atom. The number of fused-ring (bicyclic) bond motifs is 1. The van der Waals surface area contributed by atoms with Crippen LogP contribution >= 0.6 is 22.7 Å². The molecule has 0 radical (unpaired) electrons. The molecule has 4 rings (SSSR count). The summed E-state index contributed by atoms with van der Waals surface area (Å²) in [6.07, 6.45) is 4.01. The van der Waals surface area contributed by atoms with Gasteiger partial charge in [-0.1, -0.05) is 12.1 Å². The van der Waals surface area contributed by atoms with Gasteiger partial charge in [-0.3, -0.25) is 0 Å². The van der Waals surface area contributed by atoms with Crippen LogP contribution in [0.5, 0.6) is 0 Å². The number of pyridine rings is 1. The van der Waals surface area contributed by atoms with E-state index >= 15 is 0 Å². The Bertz CT molecular complexity index is 864. The van der Waals surface area contributed by atoms with Crippen molar-refractivity contribution in [3.63, 3.8) is 0 Å². The standard InChI is InChI=1S/C15H12N3S2.BrH/c1-17-15-12(14-5-3-7-20-14)8-11(9-18(15)10-16-17)13-4-2-6-19-13;/h2-10H,1H3;1H/q+1;/p-1. The van der Waals surface area contributed by atoms with E-state index in [0.29, 0.717) is 0 Å². The Kier molecular flexibility index (Phi) is 3.93. The number of hydrogen-bond acceptors (Lipinski definition) is 3. The molecule has 6 heteroatoms. The molecular weight excluding hydrogens is 366 g/mol. The lowest BCUT2D eigenvalue weighted by Gasteiger charge is -2.02. The third-order valence-corrected chi connectivity index (χ3v) is 5.13. The molecular formula is C15H12BrN3S2. The van der Waals surface area contributed by atoms with Crippen molar-refractivity contribution in [2.24, 2.45) is 7.05 Å². The molecule has 4 aromatic rings. The van der Waals surface area contributed by atoms with Gasteiger partial charge in [-0.2, -0.15) is 0 Å². The summed E-state index contributed by atoms with van der Waals surface area (Å²) in [5.41, 5.74) is 3.58. The van der Waals surface area contributed by atoms with E-state index in [1.54, 1.807) is 22.7 Å². The molecule has 0 fully saturated rings. The SMILES string of the molecule is Cn1nc[n+]2cc(-c3cccs3)cc(-c3cccs3)c12.[Br-]. The fraction of sp³-hybridized carbons (Fsp3) is 0.0667. The van der Waals surface area contributed by atoms with Crippen LogP contribution in [0.2, 0.25) is 0 Å². The molecule has 106 valence electrons. The zero-order valence-electron chi connectivity index (χ0n) is 11.2. The van der Waals surface area contributed by atoms with Gasteiger partial charge in [-0.25, -0.2) is 4.40 Å². The van der Waals surface area contributed by atoms with Gasteiger partial charge in [0.2, 0.25) is 0 Å². The maximum Gasteiger partial charge on any atom is 0.273 e. The van der Waals surface area contributed by atoms with Crippen LogP contribution in [0.4, 0.5) is 0 Å². The van der Waals surface area contributed by atoms with Crippen LogP contribution in [0, 0.1) is 0 Å². The summed E-state index contributed by atoms with van der Waals surface area (Å²) in [5.74, 6) is 0. The summed E-state index contributed by atoms with van der Waals surface area (Å²) in [6, 6.07) is 10.7. The Labute approximate surface area is 140 Å². The normalized spacial score (nSPS) is 10.7. The Balaban J connectivity index is 0.00000132. The van der Waals surface area contributed by atoms with Crippen molar-refractivity contribution in [3.8, 4) is 20.9 Å². The Morgan fingerprint density at radius 2 is 1.81 bits per heavy atom. The van der Waals surface area contributed by atoms with Crippen molar-refractivity contribution < 1.29 is 21.4 Å². The summed E-state index contributed by atoms with van der Waals surface area (Å²) in [7, 11) is 1.98. The first-order chi connectivity index (χ1) is 9.83. The average Bonchev–Trinajstić information content (AvgIpc) is 3.20. The van der Waals surface area contributed by atoms with E-state index in [9.17, 15) is 0 Å². The monoisotopic (exact) mass is 377 g/mol. The van der Waals surface area contributed by atoms with Gasteiger partial charge >= 0.3 is 0 Å². The summed E-state index contributed by atoms with van der Waals surface area (Å²) in [6.45, 7) is 0. The van der Waals surface area contributed by atoms with Crippen LogP contribution in [0.25, 0.3) is 26.5 Å². The van der Waals surface area contributed by atoms with Gasteiger partial charge in [0, 0.05) is 20.4 Å². The molecule has 0 aromatic carbocycles. The van der Waals surface area contributed by atoms with Crippen molar-refractivity contribution in [2.75, 3.05) is 0 Å². The molecule has 0 spiro atoms. The first-order valence-corrected chi connectivity index (χ1v) is 8.03. The fourth-order valence-electron chi connectivity index (χ4n) is 2.42. The minimum Gasteiger partial charge on any atom is -1.00 e. The summed E-state index contributed by atoms with van der Waals surface area (Å²) in [4.78, 5) is 2.55. The minimum atomic E-state index is 0. The third-order valence-electron chi connectivity index (χ3n) is 3.31.